The predicted octanol–water partition coefficient (Wildman–Crippen LogP) is -1.58. The van der Waals surface area contributed by atoms with E-state index in [1.807, 2.05) is 6.92 Å². The lowest BCUT2D eigenvalue weighted by molar-refractivity contribution is -0.138. The van der Waals surface area contributed by atoms with Crippen molar-refractivity contribution < 1.29 is 50.8 Å². The van der Waals surface area contributed by atoms with Crippen LogP contribution in [-0.4, -0.2) is 105 Å². The van der Waals surface area contributed by atoms with Crippen LogP contribution in [-0.2, 0) is 4.79 Å². The number of carboxylic acids is 1. The summed E-state index contributed by atoms with van der Waals surface area (Å²) in [5, 5.41) is 76.5. The highest BCUT2D eigenvalue weighted by Gasteiger charge is 2.27. The van der Waals surface area contributed by atoms with Gasteiger partial charge in [-0.25, -0.2) is 0 Å². The second kappa shape index (κ2) is 16.9. The van der Waals surface area contributed by atoms with E-state index in [9.17, 15) is 4.79 Å². The second-order valence-electron chi connectivity index (χ2n) is 8.73. The van der Waals surface area contributed by atoms with Gasteiger partial charge in [-0.3, -0.25) is 4.79 Å². The van der Waals surface area contributed by atoms with E-state index in [2.05, 4.69) is 20.8 Å². The molecule has 0 radical (unpaired) electrons. The molecule has 178 valence electrons. The maximum absolute atomic E-state index is 10.3. The summed E-state index contributed by atoms with van der Waals surface area (Å²) in [6, 6.07) is 0. The van der Waals surface area contributed by atoms with Crippen LogP contribution >= 0.6 is 0 Å². The summed E-state index contributed by atoms with van der Waals surface area (Å²) in [7, 11) is 0. The average Bonchev–Trinajstić information content (AvgIpc) is 2.65. The zero-order chi connectivity index (χ0) is 23.7. The molecule has 0 aromatic rings. The van der Waals surface area contributed by atoms with E-state index in [4.69, 9.17) is 46.0 Å². The summed E-state index contributed by atoms with van der Waals surface area (Å²) in [5.74, 6) is -0.408. The first kappa shape index (κ1) is 32.8. The van der Waals surface area contributed by atoms with Crippen molar-refractivity contribution in [3.63, 3.8) is 0 Å². The van der Waals surface area contributed by atoms with Gasteiger partial charge in [0.15, 0.2) is 0 Å². The van der Waals surface area contributed by atoms with Crippen LogP contribution in [0.15, 0.2) is 0 Å². The average molecular weight is 431 g/mol. The fourth-order valence-corrected chi connectivity index (χ4v) is 2.02. The molecule has 0 bridgehead atoms. The SMILES string of the molecule is CC(CC(=O)O)CC(C)(C)C.OCC(CO)(CO)CO.OCC(CO)(CO)CO. The molecule has 0 aliphatic carbocycles. The summed E-state index contributed by atoms with van der Waals surface area (Å²) in [5.41, 5.74) is -1.98. The van der Waals surface area contributed by atoms with Crippen molar-refractivity contribution in [2.45, 2.75) is 40.5 Å². The molecule has 10 heteroatoms. The normalized spacial score (nSPS) is 13.0. The minimum Gasteiger partial charge on any atom is -0.481 e. The van der Waals surface area contributed by atoms with Gasteiger partial charge in [0.25, 0.3) is 0 Å². The van der Waals surface area contributed by atoms with Gasteiger partial charge in [0, 0.05) is 6.42 Å². The van der Waals surface area contributed by atoms with Crippen molar-refractivity contribution in [2.24, 2.45) is 22.2 Å². The summed E-state index contributed by atoms with van der Waals surface area (Å²) in [6.07, 6.45) is 1.26. The van der Waals surface area contributed by atoms with Gasteiger partial charge in [-0.05, 0) is 17.8 Å². The third-order valence-corrected chi connectivity index (χ3v) is 4.17. The molecule has 0 fully saturated rings. The first-order valence-electron chi connectivity index (χ1n) is 9.39. The Morgan fingerprint density at radius 3 is 1.00 bits per heavy atom. The van der Waals surface area contributed by atoms with Crippen LogP contribution in [0.4, 0.5) is 0 Å². The number of rotatable bonds is 11. The lowest BCUT2D eigenvalue weighted by atomic mass is 9.84. The van der Waals surface area contributed by atoms with E-state index in [-0.39, 0.29) is 17.8 Å². The van der Waals surface area contributed by atoms with E-state index in [1.165, 1.54) is 0 Å². The molecule has 1 atom stereocenters. The first-order valence-corrected chi connectivity index (χ1v) is 9.39. The van der Waals surface area contributed by atoms with Crippen molar-refractivity contribution in [2.75, 3.05) is 52.9 Å². The van der Waals surface area contributed by atoms with E-state index in [0.29, 0.717) is 0 Å². The van der Waals surface area contributed by atoms with Gasteiger partial charge in [0.2, 0.25) is 0 Å². The molecule has 0 heterocycles. The Bertz CT molecular complexity index is 332. The smallest absolute Gasteiger partial charge is 0.303 e. The van der Waals surface area contributed by atoms with Crippen LogP contribution in [0.2, 0.25) is 0 Å². The summed E-state index contributed by atoms with van der Waals surface area (Å²) >= 11 is 0. The fourth-order valence-electron chi connectivity index (χ4n) is 2.02. The zero-order valence-electron chi connectivity index (χ0n) is 18.1. The first-order chi connectivity index (χ1) is 13.3. The fraction of sp³-hybridized carbons (Fsp3) is 0.947. The summed E-state index contributed by atoms with van der Waals surface area (Å²) in [4.78, 5) is 10.3. The number of hydrogen-bond donors (Lipinski definition) is 9. The second-order valence-corrected chi connectivity index (χ2v) is 8.73. The molecular weight excluding hydrogens is 388 g/mol. The maximum atomic E-state index is 10.3. The predicted molar refractivity (Wildman–Crippen MR) is 107 cm³/mol. The van der Waals surface area contributed by atoms with Crippen molar-refractivity contribution in [3.8, 4) is 0 Å². The van der Waals surface area contributed by atoms with Crippen LogP contribution in [0.1, 0.15) is 40.5 Å². The van der Waals surface area contributed by atoms with E-state index in [0.717, 1.165) is 6.42 Å². The van der Waals surface area contributed by atoms with Gasteiger partial charge in [-0.2, -0.15) is 0 Å². The van der Waals surface area contributed by atoms with Gasteiger partial charge in [0.05, 0.1) is 63.7 Å². The molecule has 1 unspecified atom stereocenters. The number of hydrogen-bond acceptors (Lipinski definition) is 9. The van der Waals surface area contributed by atoms with Crippen molar-refractivity contribution in [1.82, 2.24) is 0 Å². The highest BCUT2D eigenvalue weighted by atomic mass is 16.4. The molecule has 0 aliphatic rings. The molecule has 0 spiro atoms. The van der Waals surface area contributed by atoms with Crippen molar-refractivity contribution in [1.29, 1.82) is 0 Å². The van der Waals surface area contributed by atoms with Gasteiger partial charge in [-0.15, -0.1) is 0 Å². The van der Waals surface area contributed by atoms with Gasteiger partial charge in [0.1, 0.15) is 0 Å². The van der Waals surface area contributed by atoms with Crippen molar-refractivity contribution >= 4 is 5.97 Å². The number of aliphatic hydroxyl groups excluding tert-OH is 8. The lowest BCUT2D eigenvalue weighted by Crippen LogP contribution is -2.37. The molecule has 29 heavy (non-hydrogen) atoms. The van der Waals surface area contributed by atoms with Gasteiger partial charge >= 0.3 is 5.97 Å². The largest absolute Gasteiger partial charge is 0.481 e. The van der Waals surface area contributed by atoms with Crippen LogP contribution in [0.3, 0.4) is 0 Å². The van der Waals surface area contributed by atoms with Crippen molar-refractivity contribution in [3.05, 3.63) is 0 Å². The number of aliphatic carboxylic acids is 1. The molecule has 0 rings (SSSR count). The lowest BCUT2D eigenvalue weighted by Gasteiger charge is -2.23. The maximum Gasteiger partial charge on any atom is 0.303 e. The molecule has 0 aromatic heterocycles. The Kier molecular flexibility index (Phi) is 19.1. The zero-order valence-corrected chi connectivity index (χ0v) is 18.1. The third kappa shape index (κ3) is 16.6. The molecule has 0 amide bonds. The van der Waals surface area contributed by atoms with Crippen LogP contribution < -0.4 is 0 Å². The number of aliphatic hydroxyl groups is 8. The highest BCUT2D eigenvalue weighted by molar-refractivity contribution is 5.66. The Balaban J connectivity index is -0.000000352. The van der Waals surface area contributed by atoms with Crippen LogP contribution in [0, 0.1) is 22.2 Å². The minimum absolute atomic E-state index is 0.245. The van der Waals surface area contributed by atoms with Crippen LogP contribution in [0.25, 0.3) is 0 Å². The molecule has 0 saturated carbocycles. The van der Waals surface area contributed by atoms with Crippen LogP contribution in [0.5, 0.6) is 0 Å². The molecular formula is C19H42O10. The summed E-state index contributed by atoms with van der Waals surface area (Å²) < 4.78 is 0. The molecule has 0 saturated heterocycles. The number of carboxylic acid groups (broad SMARTS) is 1. The Morgan fingerprint density at radius 1 is 0.655 bits per heavy atom. The Labute approximate surface area is 173 Å². The van der Waals surface area contributed by atoms with Gasteiger partial charge in [-0.1, -0.05) is 27.7 Å². The van der Waals surface area contributed by atoms with E-state index in [1.54, 1.807) is 0 Å². The molecule has 0 aromatic carbocycles. The standard InChI is InChI=1S/C9H18O2.2C5H12O4/c1-7(5-8(10)11)6-9(2,3)4;2*6-1-5(2-7,3-8)4-9/h7H,5-6H2,1-4H3,(H,10,11);2*6-9H,1-4H2. The quantitative estimate of drug-likeness (QED) is 0.184. The molecule has 9 N–H and O–H groups in total. The van der Waals surface area contributed by atoms with E-state index >= 15 is 0 Å². The van der Waals surface area contributed by atoms with Gasteiger partial charge < -0.3 is 46.0 Å². The molecule has 0 aliphatic heterocycles. The Morgan fingerprint density at radius 2 is 0.897 bits per heavy atom. The Hall–Kier alpha value is -0.850. The monoisotopic (exact) mass is 430 g/mol. The minimum atomic E-state index is -1.11. The number of carbonyl (C=O) groups is 1. The van der Waals surface area contributed by atoms with E-state index < -0.39 is 69.7 Å². The molecule has 10 nitrogen and oxygen atoms in total. The highest BCUT2D eigenvalue weighted by Crippen LogP contribution is 2.25. The summed E-state index contributed by atoms with van der Waals surface area (Å²) in [6.45, 7) is 5.13. The topological polar surface area (TPSA) is 199 Å². The third-order valence-electron chi connectivity index (χ3n) is 4.17.